The first-order valence-corrected chi connectivity index (χ1v) is 25.4. The third kappa shape index (κ3) is 8.65. The largest absolute Gasteiger partial charge is 0.311 e. The molecular weight excluding hydrogens is 893 g/mol. The quantitative estimate of drug-likeness (QED) is 0.125. The van der Waals surface area contributed by atoms with E-state index < -0.39 is 0 Å². The number of hydrogen-bond acceptors (Lipinski definition) is 1. The fourth-order valence-electron chi connectivity index (χ4n) is 10.6. The molecule has 0 spiro atoms. The van der Waals surface area contributed by atoms with E-state index in [1.54, 1.807) is 0 Å². The van der Waals surface area contributed by atoms with Crippen LogP contribution in [0.4, 0.5) is 17.1 Å². The second-order valence-corrected chi connectivity index (χ2v) is 18.9. The average molecular weight is 943 g/mol. The minimum absolute atomic E-state index is 1.11. The van der Waals surface area contributed by atoms with Crippen molar-refractivity contribution in [1.29, 1.82) is 0 Å². The summed E-state index contributed by atoms with van der Waals surface area (Å²) in [5.74, 6) is 0. The number of para-hydroxylation sites is 1. The number of rotatable bonds is 11. The van der Waals surface area contributed by atoms with Crippen LogP contribution in [-0.4, -0.2) is 4.57 Å². The number of nitrogens with zero attached hydrogens (tertiary/aromatic N) is 2. The van der Waals surface area contributed by atoms with Gasteiger partial charge in [0.05, 0.1) is 11.0 Å². The zero-order valence-electron chi connectivity index (χ0n) is 40.8. The molecule has 74 heavy (non-hydrogen) atoms. The molecule has 0 aliphatic heterocycles. The molecule has 1 heterocycles. The van der Waals surface area contributed by atoms with Gasteiger partial charge in [-0.15, -0.1) is 0 Å². The molecule has 13 aromatic rings. The Morgan fingerprint density at radius 3 is 0.838 bits per heavy atom. The minimum atomic E-state index is 1.11. The molecule has 0 unspecified atom stereocenters. The van der Waals surface area contributed by atoms with E-state index in [2.05, 4.69) is 313 Å². The lowest BCUT2D eigenvalue weighted by Gasteiger charge is -2.26. The molecule has 348 valence electrons. The van der Waals surface area contributed by atoms with Crippen LogP contribution in [0.3, 0.4) is 0 Å². The number of hydrogen-bond donors (Lipinski definition) is 0. The Hall–Kier alpha value is -9.76. The van der Waals surface area contributed by atoms with E-state index in [1.807, 2.05) is 0 Å². The van der Waals surface area contributed by atoms with Crippen LogP contribution < -0.4 is 4.90 Å². The predicted molar refractivity (Wildman–Crippen MR) is 314 cm³/mol. The standard InChI is InChI=1S/C72H50N2/c1-5-15-51(16-6-1)56-31-39-66(40-32-56)73(65-25-11-4-12-26-65)67-41-33-57(34-42-67)54-27-29-55(30-28-54)58-35-43-68(44-36-58)74-71-45-37-63(61-23-13-21-59(47-61)52-17-7-2-8-18-52)49-69(71)70-50-64(38-46-72(70)74)62-24-14-22-60(48-62)53-19-9-3-10-20-53/h1-50H. The van der Waals surface area contributed by atoms with E-state index in [0.29, 0.717) is 0 Å². The lowest BCUT2D eigenvalue weighted by atomic mass is 9.96. The Labute approximate surface area is 433 Å². The van der Waals surface area contributed by atoms with Crippen molar-refractivity contribution in [1.82, 2.24) is 4.57 Å². The summed E-state index contributed by atoms with van der Waals surface area (Å²) < 4.78 is 2.42. The highest BCUT2D eigenvalue weighted by Crippen LogP contribution is 2.40. The van der Waals surface area contributed by atoms with Crippen molar-refractivity contribution in [2.75, 3.05) is 4.90 Å². The highest BCUT2D eigenvalue weighted by atomic mass is 15.1. The van der Waals surface area contributed by atoms with Crippen LogP contribution in [-0.2, 0) is 0 Å². The van der Waals surface area contributed by atoms with E-state index in [1.165, 1.54) is 99.7 Å². The van der Waals surface area contributed by atoms with Gasteiger partial charge in [0.1, 0.15) is 0 Å². The summed E-state index contributed by atoms with van der Waals surface area (Å²) in [7, 11) is 0. The van der Waals surface area contributed by atoms with Crippen molar-refractivity contribution < 1.29 is 0 Å². The highest BCUT2D eigenvalue weighted by Gasteiger charge is 2.17. The molecule has 0 atom stereocenters. The maximum Gasteiger partial charge on any atom is 0.0541 e. The summed E-state index contributed by atoms with van der Waals surface area (Å²) in [5, 5.41) is 2.45. The van der Waals surface area contributed by atoms with Crippen LogP contribution in [0.5, 0.6) is 0 Å². The third-order valence-corrected chi connectivity index (χ3v) is 14.4. The van der Waals surface area contributed by atoms with Crippen LogP contribution in [0.15, 0.2) is 303 Å². The summed E-state index contributed by atoms with van der Waals surface area (Å²) in [4.78, 5) is 2.32. The molecular formula is C72H50N2. The number of benzene rings is 12. The van der Waals surface area contributed by atoms with Crippen LogP contribution in [0.1, 0.15) is 0 Å². The van der Waals surface area contributed by atoms with Crippen molar-refractivity contribution in [2.24, 2.45) is 0 Å². The smallest absolute Gasteiger partial charge is 0.0541 e. The Morgan fingerprint density at radius 1 is 0.189 bits per heavy atom. The molecule has 13 rings (SSSR count). The summed E-state index contributed by atoms with van der Waals surface area (Å²) >= 11 is 0. The van der Waals surface area contributed by atoms with Crippen LogP contribution >= 0.6 is 0 Å². The lowest BCUT2D eigenvalue weighted by molar-refractivity contribution is 1.18. The van der Waals surface area contributed by atoms with E-state index >= 15 is 0 Å². The molecule has 0 saturated carbocycles. The van der Waals surface area contributed by atoms with Crippen molar-refractivity contribution >= 4 is 38.9 Å². The van der Waals surface area contributed by atoms with E-state index in [-0.39, 0.29) is 0 Å². The van der Waals surface area contributed by atoms with Gasteiger partial charge in [0.15, 0.2) is 0 Å². The Balaban J connectivity index is 0.811. The highest BCUT2D eigenvalue weighted by molar-refractivity contribution is 6.12. The molecule has 0 saturated heterocycles. The summed E-state index contributed by atoms with van der Waals surface area (Å²) in [6.07, 6.45) is 0. The fourth-order valence-corrected chi connectivity index (χ4v) is 10.6. The first-order valence-electron chi connectivity index (χ1n) is 25.4. The van der Waals surface area contributed by atoms with E-state index in [0.717, 1.165) is 22.7 Å². The SMILES string of the molecule is c1ccc(-c2ccc(N(c3ccccc3)c3ccc(-c4ccc(-c5ccc(-n6c7ccc(-c8cccc(-c9ccccc9)c8)cc7c7cc(-c8cccc(-c9ccccc9)c8)ccc76)cc5)cc4)cc3)cc2)cc1. The predicted octanol–water partition coefficient (Wildman–Crippen LogP) is 19.9. The van der Waals surface area contributed by atoms with Gasteiger partial charge in [0.25, 0.3) is 0 Å². The van der Waals surface area contributed by atoms with Gasteiger partial charge >= 0.3 is 0 Å². The Morgan fingerprint density at radius 2 is 0.446 bits per heavy atom. The number of fused-ring (bicyclic) bond motifs is 3. The van der Waals surface area contributed by atoms with E-state index in [9.17, 15) is 0 Å². The maximum absolute atomic E-state index is 2.42. The minimum Gasteiger partial charge on any atom is -0.311 e. The summed E-state index contributed by atoms with van der Waals surface area (Å²) in [5.41, 5.74) is 23.6. The topological polar surface area (TPSA) is 8.17 Å². The monoisotopic (exact) mass is 942 g/mol. The van der Waals surface area contributed by atoms with Crippen molar-refractivity contribution in [3.8, 4) is 83.6 Å². The van der Waals surface area contributed by atoms with Gasteiger partial charge in [-0.2, -0.15) is 0 Å². The van der Waals surface area contributed by atoms with Crippen molar-refractivity contribution in [3.05, 3.63) is 303 Å². The molecule has 0 aliphatic carbocycles. The first-order chi connectivity index (χ1) is 36.7. The second-order valence-electron chi connectivity index (χ2n) is 18.9. The van der Waals surface area contributed by atoms with Crippen LogP contribution in [0.25, 0.3) is 105 Å². The van der Waals surface area contributed by atoms with Gasteiger partial charge in [-0.05, 0) is 163 Å². The zero-order chi connectivity index (χ0) is 49.2. The second kappa shape index (κ2) is 19.4. The van der Waals surface area contributed by atoms with Gasteiger partial charge in [0.2, 0.25) is 0 Å². The average Bonchev–Trinajstić information content (AvgIpc) is 3.84. The number of aromatic nitrogens is 1. The van der Waals surface area contributed by atoms with Gasteiger partial charge in [0, 0.05) is 33.5 Å². The Kier molecular flexibility index (Phi) is 11.6. The van der Waals surface area contributed by atoms with Gasteiger partial charge < -0.3 is 9.47 Å². The summed E-state index contributed by atoms with van der Waals surface area (Å²) in [6, 6.07) is 110. The fraction of sp³-hybridized carbons (Fsp3) is 0. The van der Waals surface area contributed by atoms with Crippen LogP contribution in [0.2, 0.25) is 0 Å². The molecule has 0 aliphatic rings. The molecule has 2 nitrogen and oxygen atoms in total. The molecule has 0 N–H and O–H groups in total. The molecule has 12 aromatic carbocycles. The Bertz CT molecular complexity index is 3910. The number of anilines is 3. The maximum atomic E-state index is 2.42. The zero-order valence-corrected chi connectivity index (χ0v) is 40.8. The third-order valence-electron chi connectivity index (χ3n) is 14.4. The van der Waals surface area contributed by atoms with Crippen molar-refractivity contribution in [2.45, 2.75) is 0 Å². The summed E-state index contributed by atoms with van der Waals surface area (Å²) in [6.45, 7) is 0. The lowest BCUT2D eigenvalue weighted by Crippen LogP contribution is -2.09. The molecule has 1 aromatic heterocycles. The van der Waals surface area contributed by atoms with Gasteiger partial charge in [-0.25, -0.2) is 0 Å². The first kappa shape index (κ1) is 44.2. The molecule has 0 amide bonds. The normalized spacial score (nSPS) is 11.2. The molecule has 2 heteroatoms. The molecule has 0 radical (unpaired) electrons. The van der Waals surface area contributed by atoms with Crippen LogP contribution in [0, 0.1) is 0 Å². The molecule has 0 bridgehead atoms. The molecule has 0 fully saturated rings. The van der Waals surface area contributed by atoms with Gasteiger partial charge in [-0.3, -0.25) is 0 Å². The van der Waals surface area contributed by atoms with Crippen molar-refractivity contribution in [3.63, 3.8) is 0 Å². The van der Waals surface area contributed by atoms with Gasteiger partial charge in [-0.1, -0.05) is 218 Å². The van der Waals surface area contributed by atoms with E-state index in [4.69, 9.17) is 0 Å².